The normalized spacial score (nSPS) is 17.7. The number of pyridine rings is 1. The van der Waals surface area contributed by atoms with E-state index < -0.39 is 0 Å². The molecule has 1 aliphatic rings. The molecule has 108 valence electrons. The average Bonchev–Trinajstić information content (AvgIpc) is 2.90. The Bertz CT molecular complexity index is 666. The molecule has 1 aromatic carbocycles. The minimum Gasteiger partial charge on any atom is -0.497 e. The molecule has 1 aliphatic heterocycles. The Kier molecular flexibility index (Phi) is 3.48. The second-order valence-corrected chi connectivity index (χ2v) is 5.02. The van der Waals surface area contributed by atoms with Gasteiger partial charge in [-0.25, -0.2) is 0 Å². The number of aromatic nitrogens is 1. The summed E-state index contributed by atoms with van der Waals surface area (Å²) in [5, 5.41) is 0. The van der Waals surface area contributed by atoms with E-state index in [1.165, 1.54) is 0 Å². The molecule has 0 radical (unpaired) electrons. The molecule has 1 aromatic heterocycles. The molecule has 21 heavy (non-hydrogen) atoms. The molecule has 2 heterocycles. The van der Waals surface area contributed by atoms with Crippen molar-refractivity contribution in [2.24, 2.45) is 10.7 Å². The van der Waals surface area contributed by atoms with E-state index in [9.17, 15) is 0 Å². The van der Waals surface area contributed by atoms with E-state index in [-0.39, 0.29) is 6.04 Å². The van der Waals surface area contributed by atoms with Gasteiger partial charge in [-0.2, -0.15) is 0 Å². The topological polar surface area (TPSA) is 63.7 Å². The zero-order valence-electron chi connectivity index (χ0n) is 12.2. The van der Waals surface area contributed by atoms with Crippen LogP contribution in [0, 0.1) is 6.92 Å². The van der Waals surface area contributed by atoms with Crippen LogP contribution in [-0.4, -0.2) is 24.6 Å². The lowest BCUT2D eigenvalue weighted by Gasteiger charge is -2.26. The SMILES string of the molecule is COc1cccc(N2C(N)=NCC2c2ccc(C)nc2)c1. The lowest BCUT2D eigenvalue weighted by atomic mass is 10.1. The highest BCUT2D eigenvalue weighted by Gasteiger charge is 2.29. The first-order chi connectivity index (χ1) is 10.2. The Hall–Kier alpha value is -2.56. The van der Waals surface area contributed by atoms with Gasteiger partial charge in [-0.05, 0) is 30.7 Å². The molecule has 0 bridgehead atoms. The summed E-state index contributed by atoms with van der Waals surface area (Å²) in [7, 11) is 1.65. The number of rotatable bonds is 3. The molecule has 0 aliphatic carbocycles. The molecule has 1 unspecified atom stereocenters. The predicted octanol–water partition coefficient (Wildman–Crippen LogP) is 2.27. The number of aryl methyl sites for hydroxylation is 1. The number of hydrogen-bond acceptors (Lipinski definition) is 5. The number of nitrogens with zero attached hydrogens (tertiary/aromatic N) is 3. The van der Waals surface area contributed by atoms with Crippen molar-refractivity contribution in [2.75, 3.05) is 18.6 Å². The summed E-state index contributed by atoms with van der Waals surface area (Å²) in [4.78, 5) is 10.8. The van der Waals surface area contributed by atoms with Gasteiger partial charge in [0.15, 0.2) is 5.96 Å². The molecule has 0 spiro atoms. The van der Waals surface area contributed by atoms with Crippen LogP contribution in [0.3, 0.4) is 0 Å². The Balaban J connectivity index is 1.97. The van der Waals surface area contributed by atoms with Crippen LogP contribution in [0.1, 0.15) is 17.3 Å². The maximum atomic E-state index is 6.07. The van der Waals surface area contributed by atoms with Crippen molar-refractivity contribution in [3.63, 3.8) is 0 Å². The number of hydrogen-bond donors (Lipinski definition) is 1. The number of nitrogens with two attached hydrogens (primary N) is 1. The Morgan fingerprint density at radius 1 is 1.29 bits per heavy atom. The van der Waals surface area contributed by atoms with E-state index in [0.29, 0.717) is 12.5 Å². The summed E-state index contributed by atoms with van der Waals surface area (Å²) < 4.78 is 5.29. The lowest BCUT2D eigenvalue weighted by Crippen LogP contribution is -2.36. The minimum absolute atomic E-state index is 0.0743. The van der Waals surface area contributed by atoms with Crippen molar-refractivity contribution in [3.8, 4) is 5.75 Å². The van der Waals surface area contributed by atoms with Crippen molar-refractivity contribution < 1.29 is 4.74 Å². The van der Waals surface area contributed by atoms with E-state index in [2.05, 4.69) is 16.0 Å². The van der Waals surface area contributed by atoms with Gasteiger partial charge in [0.25, 0.3) is 0 Å². The maximum absolute atomic E-state index is 6.07. The molecule has 0 saturated heterocycles. The zero-order chi connectivity index (χ0) is 14.8. The fraction of sp³-hybridized carbons (Fsp3) is 0.250. The lowest BCUT2D eigenvalue weighted by molar-refractivity contribution is 0.415. The predicted molar refractivity (Wildman–Crippen MR) is 83.7 cm³/mol. The summed E-state index contributed by atoms with van der Waals surface area (Å²) in [5.74, 6) is 1.32. The second-order valence-electron chi connectivity index (χ2n) is 5.02. The molecule has 2 aromatic rings. The summed E-state index contributed by atoms with van der Waals surface area (Å²) in [6.45, 7) is 2.61. The molecule has 0 saturated carbocycles. The first-order valence-corrected chi connectivity index (χ1v) is 6.85. The number of aliphatic imine (C=N–C) groups is 1. The summed E-state index contributed by atoms with van der Waals surface area (Å²) in [6, 6.07) is 12.0. The van der Waals surface area contributed by atoms with Crippen LogP contribution in [0.2, 0.25) is 0 Å². The van der Waals surface area contributed by atoms with Gasteiger partial charge in [0, 0.05) is 23.6 Å². The number of anilines is 1. The van der Waals surface area contributed by atoms with E-state index in [0.717, 1.165) is 22.7 Å². The zero-order valence-corrected chi connectivity index (χ0v) is 12.2. The second kappa shape index (κ2) is 5.44. The molecular formula is C16H18N4O. The standard InChI is InChI=1S/C16H18N4O/c1-11-6-7-12(9-18-11)15-10-19-16(17)20(15)13-4-3-5-14(8-13)21-2/h3-9,15H,10H2,1-2H3,(H2,17,19). The van der Waals surface area contributed by atoms with Crippen molar-refractivity contribution in [2.45, 2.75) is 13.0 Å². The van der Waals surface area contributed by atoms with Gasteiger partial charge < -0.3 is 15.4 Å². The third-order valence-corrected chi connectivity index (χ3v) is 3.64. The van der Waals surface area contributed by atoms with Crippen LogP contribution >= 0.6 is 0 Å². The van der Waals surface area contributed by atoms with Crippen LogP contribution in [0.4, 0.5) is 5.69 Å². The van der Waals surface area contributed by atoms with Gasteiger partial charge in [0.1, 0.15) is 5.75 Å². The molecule has 1 atom stereocenters. The smallest absolute Gasteiger partial charge is 0.196 e. The molecule has 0 fully saturated rings. The van der Waals surface area contributed by atoms with Gasteiger partial charge in [0.2, 0.25) is 0 Å². The highest BCUT2D eigenvalue weighted by molar-refractivity contribution is 5.97. The number of ether oxygens (including phenoxy) is 1. The van der Waals surface area contributed by atoms with Crippen molar-refractivity contribution in [1.82, 2.24) is 4.98 Å². The van der Waals surface area contributed by atoms with Crippen molar-refractivity contribution in [3.05, 3.63) is 53.9 Å². The van der Waals surface area contributed by atoms with Gasteiger partial charge in [-0.15, -0.1) is 0 Å². The number of benzene rings is 1. The fourth-order valence-electron chi connectivity index (χ4n) is 2.50. The highest BCUT2D eigenvalue weighted by atomic mass is 16.5. The van der Waals surface area contributed by atoms with E-state index in [1.54, 1.807) is 7.11 Å². The fourth-order valence-corrected chi connectivity index (χ4v) is 2.50. The van der Waals surface area contributed by atoms with Gasteiger partial charge in [-0.3, -0.25) is 9.98 Å². The summed E-state index contributed by atoms with van der Waals surface area (Å²) in [6.07, 6.45) is 1.89. The third-order valence-electron chi connectivity index (χ3n) is 3.64. The number of methoxy groups -OCH3 is 1. The first kappa shape index (κ1) is 13.4. The molecule has 0 amide bonds. The third kappa shape index (κ3) is 2.54. The van der Waals surface area contributed by atoms with Crippen LogP contribution in [0.25, 0.3) is 0 Å². The monoisotopic (exact) mass is 282 g/mol. The first-order valence-electron chi connectivity index (χ1n) is 6.85. The van der Waals surface area contributed by atoms with E-state index in [1.807, 2.05) is 48.4 Å². The summed E-state index contributed by atoms with van der Waals surface area (Å²) >= 11 is 0. The summed E-state index contributed by atoms with van der Waals surface area (Å²) in [5.41, 5.74) is 9.15. The maximum Gasteiger partial charge on any atom is 0.196 e. The van der Waals surface area contributed by atoms with E-state index >= 15 is 0 Å². The van der Waals surface area contributed by atoms with Gasteiger partial charge in [0.05, 0.1) is 19.7 Å². The van der Waals surface area contributed by atoms with Crippen molar-refractivity contribution >= 4 is 11.6 Å². The average molecular weight is 282 g/mol. The molecule has 5 heteroatoms. The largest absolute Gasteiger partial charge is 0.497 e. The number of guanidine groups is 1. The molecule has 2 N–H and O–H groups in total. The van der Waals surface area contributed by atoms with E-state index in [4.69, 9.17) is 10.5 Å². The van der Waals surface area contributed by atoms with Crippen LogP contribution < -0.4 is 15.4 Å². The quantitative estimate of drug-likeness (QED) is 0.938. The molecular weight excluding hydrogens is 264 g/mol. The Labute approximate surface area is 124 Å². The molecule has 5 nitrogen and oxygen atoms in total. The van der Waals surface area contributed by atoms with Crippen LogP contribution in [0.15, 0.2) is 47.6 Å². The van der Waals surface area contributed by atoms with Gasteiger partial charge >= 0.3 is 0 Å². The highest BCUT2D eigenvalue weighted by Crippen LogP contribution is 2.32. The minimum atomic E-state index is 0.0743. The Morgan fingerprint density at radius 2 is 2.14 bits per heavy atom. The molecule has 3 rings (SSSR count). The van der Waals surface area contributed by atoms with Crippen LogP contribution in [-0.2, 0) is 0 Å². The van der Waals surface area contributed by atoms with Gasteiger partial charge in [-0.1, -0.05) is 12.1 Å². The van der Waals surface area contributed by atoms with Crippen LogP contribution in [0.5, 0.6) is 5.75 Å². The van der Waals surface area contributed by atoms with Crippen molar-refractivity contribution in [1.29, 1.82) is 0 Å². The Morgan fingerprint density at radius 3 is 2.86 bits per heavy atom.